The molecule has 2 heterocycles. The molecular weight excluding hydrogens is 453 g/mol. The zero-order chi connectivity index (χ0) is 22.1. The zero-order valence-corrected chi connectivity index (χ0v) is 16.7. The molecule has 1 aliphatic rings. The molecule has 0 unspecified atom stereocenters. The van der Waals surface area contributed by atoms with Crippen LogP contribution >= 0.6 is 11.8 Å². The van der Waals surface area contributed by atoms with Crippen LogP contribution < -0.4 is 0 Å². The van der Waals surface area contributed by atoms with E-state index in [1.807, 2.05) is 0 Å². The second kappa shape index (κ2) is 8.47. The number of hydrogen-bond acceptors (Lipinski definition) is 5. The molecule has 3 rings (SSSR count). The number of piperazine rings is 1. The highest BCUT2D eigenvalue weighted by Gasteiger charge is 2.35. The Balaban J connectivity index is 1.75. The van der Waals surface area contributed by atoms with E-state index in [4.69, 9.17) is 0 Å². The Bertz CT molecular complexity index is 1050. The maximum Gasteiger partial charge on any atom is 0.447 e. The molecule has 1 aromatic heterocycles. The maximum absolute atomic E-state index is 13.9. The standard InChI is InChI=1S/C17H14F5N3O3S2/c18-11-3-4-13(19)14(10-11)30(27,28)25-8-6-24(7-9-25)16(26)12-2-1-5-23-15(12)29-17(20,21)22/h1-5,10H,6-9H2. The van der Waals surface area contributed by atoms with Gasteiger partial charge in [0, 0.05) is 44.1 Å². The average molecular weight is 467 g/mol. The minimum absolute atomic E-state index is 0.139. The lowest BCUT2D eigenvalue weighted by Gasteiger charge is -2.34. The largest absolute Gasteiger partial charge is 0.447 e. The van der Waals surface area contributed by atoms with Crippen molar-refractivity contribution in [2.24, 2.45) is 0 Å². The number of hydrogen-bond donors (Lipinski definition) is 0. The molecule has 0 spiro atoms. The van der Waals surface area contributed by atoms with Crippen molar-refractivity contribution in [2.75, 3.05) is 26.2 Å². The first-order valence-corrected chi connectivity index (χ1v) is 10.7. The Morgan fingerprint density at radius 1 is 1.07 bits per heavy atom. The molecule has 0 bridgehead atoms. The fourth-order valence-corrected chi connectivity index (χ4v) is 4.96. The minimum atomic E-state index is -4.63. The number of aromatic nitrogens is 1. The Morgan fingerprint density at radius 3 is 2.37 bits per heavy atom. The number of carbonyl (C=O) groups excluding carboxylic acids is 1. The molecule has 0 aliphatic carbocycles. The number of sulfonamides is 1. The van der Waals surface area contributed by atoms with E-state index in [9.17, 15) is 35.2 Å². The third-order valence-electron chi connectivity index (χ3n) is 4.25. The highest BCUT2D eigenvalue weighted by Crippen LogP contribution is 2.37. The number of pyridine rings is 1. The molecule has 1 aliphatic heterocycles. The Labute approximate surface area is 172 Å². The first-order valence-electron chi connectivity index (χ1n) is 8.44. The Hall–Kier alpha value is -2.25. The lowest BCUT2D eigenvalue weighted by molar-refractivity contribution is -0.0329. The van der Waals surface area contributed by atoms with Crippen LogP contribution in [0.4, 0.5) is 22.0 Å². The number of alkyl halides is 3. The van der Waals surface area contributed by atoms with Crippen LogP contribution in [-0.4, -0.2) is 60.2 Å². The number of halogens is 5. The lowest BCUT2D eigenvalue weighted by atomic mass is 10.2. The molecule has 0 N–H and O–H groups in total. The van der Waals surface area contributed by atoms with Gasteiger partial charge in [0.15, 0.2) is 0 Å². The summed E-state index contributed by atoms with van der Waals surface area (Å²) < 4.78 is 91.4. The van der Waals surface area contributed by atoms with Crippen molar-refractivity contribution in [1.82, 2.24) is 14.2 Å². The van der Waals surface area contributed by atoms with Gasteiger partial charge in [0.2, 0.25) is 10.0 Å². The molecule has 162 valence electrons. The van der Waals surface area contributed by atoms with Crippen LogP contribution in [-0.2, 0) is 10.0 Å². The van der Waals surface area contributed by atoms with E-state index in [0.717, 1.165) is 16.6 Å². The van der Waals surface area contributed by atoms with E-state index in [-0.39, 0.29) is 31.7 Å². The fourth-order valence-electron chi connectivity index (χ4n) is 2.86. The molecule has 1 fully saturated rings. The van der Waals surface area contributed by atoms with Crippen molar-refractivity contribution in [3.8, 4) is 0 Å². The van der Waals surface area contributed by atoms with Crippen LogP contribution in [0, 0.1) is 11.6 Å². The number of rotatable bonds is 4. The van der Waals surface area contributed by atoms with Gasteiger partial charge in [-0.25, -0.2) is 22.2 Å². The van der Waals surface area contributed by atoms with Crippen molar-refractivity contribution < 1.29 is 35.2 Å². The first-order chi connectivity index (χ1) is 14.0. The van der Waals surface area contributed by atoms with Gasteiger partial charge in [-0.2, -0.15) is 17.5 Å². The van der Waals surface area contributed by atoms with Crippen LogP contribution in [0.1, 0.15) is 10.4 Å². The van der Waals surface area contributed by atoms with E-state index in [2.05, 4.69) is 4.98 Å². The molecule has 2 aromatic rings. The van der Waals surface area contributed by atoms with E-state index in [1.54, 1.807) is 0 Å². The van der Waals surface area contributed by atoms with Crippen LogP contribution in [0.15, 0.2) is 46.5 Å². The minimum Gasteiger partial charge on any atom is -0.336 e. The van der Waals surface area contributed by atoms with Crippen LogP contribution in [0.2, 0.25) is 0 Å². The summed E-state index contributed by atoms with van der Waals surface area (Å²) in [5, 5.41) is -0.508. The summed E-state index contributed by atoms with van der Waals surface area (Å²) in [7, 11) is -4.35. The van der Waals surface area contributed by atoms with E-state index >= 15 is 0 Å². The number of amides is 1. The van der Waals surface area contributed by atoms with Crippen molar-refractivity contribution in [1.29, 1.82) is 0 Å². The predicted molar refractivity (Wildman–Crippen MR) is 97.2 cm³/mol. The molecule has 0 atom stereocenters. The van der Waals surface area contributed by atoms with E-state index in [0.29, 0.717) is 12.1 Å². The number of thioether (sulfide) groups is 1. The topological polar surface area (TPSA) is 70.6 Å². The van der Waals surface area contributed by atoms with Gasteiger partial charge in [-0.3, -0.25) is 4.79 Å². The molecular formula is C17H14F5N3O3S2. The van der Waals surface area contributed by atoms with Gasteiger partial charge in [-0.05, 0) is 30.3 Å². The smallest absolute Gasteiger partial charge is 0.336 e. The second-order valence-corrected chi connectivity index (χ2v) is 9.14. The maximum atomic E-state index is 13.9. The quantitative estimate of drug-likeness (QED) is 0.511. The number of benzene rings is 1. The lowest BCUT2D eigenvalue weighted by Crippen LogP contribution is -2.50. The molecule has 1 aromatic carbocycles. The molecule has 1 amide bonds. The molecule has 1 saturated heterocycles. The van der Waals surface area contributed by atoms with E-state index in [1.165, 1.54) is 17.0 Å². The second-order valence-electron chi connectivity index (χ2n) is 6.17. The summed E-state index contributed by atoms with van der Waals surface area (Å²) in [6.07, 6.45) is 1.13. The molecule has 13 heteroatoms. The third-order valence-corrected chi connectivity index (χ3v) is 6.91. The van der Waals surface area contributed by atoms with Gasteiger partial charge >= 0.3 is 5.51 Å². The normalized spacial score (nSPS) is 16.0. The van der Waals surface area contributed by atoms with Crippen molar-refractivity contribution >= 4 is 27.7 Å². The fraction of sp³-hybridized carbons (Fsp3) is 0.294. The highest BCUT2D eigenvalue weighted by atomic mass is 32.2. The van der Waals surface area contributed by atoms with E-state index < -0.39 is 54.8 Å². The van der Waals surface area contributed by atoms with Crippen molar-refractivity contribution in [3.05, 3.63) is 53.7 Å². The summed E-state index contributed by atoms with van der Waals surface area (Å²) in [6.45, 7) is -0.738. The zero-order valence-electron chi connectivity index (χ0n) is 15.1. The average Bonchev–Trinajstić information content (AvgIpc) is 2.68. The molecule has 6 nitrogen and oxygen atoms in total. The summed E-state index contributed by atoms with van der Waals surface area (Å²) in [5.74, 6) is -2.77. The molecule has 30 heavy (non-hydrogen) atoms. The monoisotopic (exact) mass is 467 g/mol. The molecule has 0 radical (unpaired) electrons. The summed E-state index contributed by atoms with van der Waals surface area (Å²) in [5.41, 5.74) is -4.89. The number of carbonyl (C=O) groups is 1. The van der Waals surface area contributed by atoms with Gasteiger partial charge < -0.3 is 4.90 Å². The highest BCUT2D eigenvalue weighted by molar-refractivity contribution is 8.00. The van der Waals surface area contributed by atoms with Gasteiger partial charge in [0.25, 0.3) is 5.91 Å². The molecule has 0 saturated carbocycles. The van der Waals surface area contributed by atoms with Gasteiger partial charge in [0.1, 0.15) is 21.6 Å². The Morgan fingerprint density at radius 2 is 1.73 bits per heavy atom. The van der Waals surface area contributed by atoms with Crippen molar-refractivity contribution in [2.45, 2.75) is 15.4 Å². The van der Waals surface area contributed by atoms with Crippen LogP contribution in [0.5, 0.6) is 0 Å². The van der Waals surface area contributed by atoms with Crippen molar-refractivity contribution in [3.63, 3.8) is 0 Å². The summed E-state index contributed by atoms with van der Waals surface area (Å²) in [4.78, 5) is 16.6. The summed E-state index contributed by atoms with van der Waals surface area (Å²) >= 11 is -0.517. The van der Waals surface area contributed by atoms with Crippen LogP contribution in [0.25, 0.3) is 0 Å². The predicted octanol–water partition coefficient (Wildman–Crippen LogP) is 3.12. The summed E-state index contributed by atoms with van der Waals surface area (Å²) in [6, 6.07) is 4.58. The number of nitrogens with zero attached hydrogens (tertiary/aromatic N) is 3. The van der Waals surface area contributed by atoms with Gasteiger partial charge in [-0.1, -0.05) is 0 Å². The SMILES string of the molecule is O=C(c1cccnc1SC(F)(F)F)N1CCN(S(=O)(=O)c2cc(F)ccc2F)CC1. The van der Waals surface area contributed by atoms with Gasteiger partial charge in [0.05, 0.1) is 5.56 Å². The first kappa shape index (κ1) is 22.4. The van der Waals surface area contributed by atoms with Gasteiger partial charge in [-0.15, -0.1) is 0 Å². The van der Waals surface area contributed by atoms with Crippen LogP contribution in [0.3, 0.4) is 0 Å². The third kappa shape index (κ3) is 4.90. The Kier molecular flexibility index (Phi) is 6.34.